The third-order valence-electron chi connectivity index (χ3n) is 4.42. The number of hydrogen-bond donors (Lipinski definition) is 2. The van der Waals surface area contributed by atoms with Gasteiger partial charge in [-0.3, -0.25) is 0 Å². The van der Waals surface area contributed by atoms with Crippen LogP contribution in [0.15, 0.2) is 36.5 Å². The third-order valence-corrected chi connectivity index (χ3v) is 5.58. The lowest BCUT2D eigenvalue weighted by molar-refractivity contribution is 0.265. The molecule has 0 unspecified atom stereocenters. The van der Waals surface area contributed by atoms with Crippen molar-refractivity contribution in [1.82, 2.24) is 10.3 Å². The van der Waals surface area contributed by atoms with Gasteiger partial charge in [0.05, 0.1) is 5.01 Å². The maximum atomic E-state index is 9.29. The number of benzene rings is 1. The number of thiazole rings is 1. The van der Waals surface area contributed by atoms with E-state index in [1.54, 1.807) is 0 Å². The lowest BCUT2D eigenvalue weighted by Crippen LogP contribution is -2.21. The van der Waals surface area contributed by atoms with Crippen LogP contribution in [0.5, 0.6) is 0 Å². The number of nitrogens with zero attached hydrogens (tertiary/aromatic N) is 1. The highest BCUT2D eigenvalue weighted by molar-refractivity contribution is 7.11. The van der Waals surface area contributed by atoms with Gasteiger partial charge in [-0.05, 0) is 24.8 Å². The zero-order chi connectivity index (χ0) is 15.2. The summed E-state index contributed by atoms with van der Waals surface area (Å²) in [5, 5.41) is 14.2. The van der Waals surface area contributed by atoms with Crippen LogP contribution < -0.4 is 5.32 Å². The van der Waals surface area contributed by atoms with E-state index in [9.17, 15) is 5.11 Å². The van der Waals surface area contributed by atoms with E-state index >= 15 is 0 Å². The van der Waals surface area contributed by atoms with Gasteiger partial charge in [-0.2, -0.15) is 0 Å². The lowest BCUT2D eigenvalue weighted by Gasteiger charge is -2.17. The van der Waals surface area contributed by atoms with Crippen LogP contribution in [0.3, 0.4) is 0 Å². The molecule has 1 aromatic heterocycles. The summed E-state index contributed by atoms with van der Waals surface area (Å²) in [5.74, 6) is 0.695. The van der Waals surface area contributed by atoms with Gasteiger partial charge < -0.3 is 10.4 Å². The van der Waals surface area contributed by atoms with Crippen LogP contribution in [0.2, 0.25) is 0 Å². The summed E-state index contributed by atoms with van der Waals surface area (Å²) in [4.78, 5) is 5.92. The minimum Gasteiger partial charge on any atom is -0.396 e. The molecule has 0 saturated heterocycles. The van der Waals surface area contributed by atoms with E-state index in [-0.39, 0.29) is 12.6 Å². The van der Waals surface area contributed by atoms with Gasteiger partial charge in [-0.1, -0.05) is 43.2 Å². The van der Waals surface area contributed by atoms with Crippen LogP contribution in [0, 0.1) is 0 Å². The molecule has 2 N–H and O–H groups in total. The Balaban J connectivity index is 1.60. The first kappa shape index (κ1) is 15.7. The fraction of sp³-hybridized carbons (Fsp3) is 0.500. The Bertz CT molecular complexity index is 563. The summed E-state index contributed by atoms with van der Waals surface area (Å²) < 4.78 is 0. The molecular weight excluding hydrogens is 292 g/mol. The Hall–Kier alpha value is -1.23. The largest absolute Gasteiger partial charge is 0.396 e. The second-order valence-corrected chi connectivity index (χ2v) is 7.15. The van der Waals surface area contributed by atoms with Gasteiger partial charge in [-0.25, -0.2) is 4.98 Å². The average molecular weight is 316 g/mol. The van der Waals surface area contributed by atoms with Crippen molar-refractivity contribution >= 4 is 11.3 Å². The molecule has 0 radical (unpaired) electrons. The molecule has 0 aliphatic heterocycles. The van der Waals surface area contributed by atoms with Gasteiger partial charge in [0.25, 0.3) is 0 Å². The molecule has 118 valence electrons. The predicted octanol–water partition coefficient (Wildman–Crippen LogP) is 4.01. The zero-order valence-corrected chi connectivity index (χ0v) is 13.7. The van der Waals surface area contributed by atoms with E-state index < -0.39 is 0 Å². The SMILES string of the molecule is OCC[C@@H](NCc1cnc(C2CCCC2)s1)c1ccccc1. The molecule has 1 fully saturated rings. The minimum absolute atomic E-state index is 0.197. The molecule has 0 spiro atoms. The second kappa shape index (κ2) is 7.86. The van der Waals surface area contributed by atoms with Gasteiger partial charge in [0.15, 0.2) is 0 Å². The molecule has 3 nitrogen and oxygen atoms in total. The van der Waals surface area contributed by atoms with Gasteiger partial charge in [0.2, 0.25) is 0 Å². The standard InChI is InChI=1S/C18H24N2OS/c21-11-10-17(14-6-2-1-3-7-14)19-12-16-13-20-18(22-16)15-8-4-5-9-15/h1-3,6-7,13,15,17,19,21H,4-5,8-12H2/t17-/m1/s1. The Kier molecular flexibility index (Phi) is 5.59. The second-order valence-electron chi connectivity index (χ2n) is 6.00. The van der Waals surface area contributed by atoms with Crippen molar-refractivity contribution in [3.63, 3.8) is 0 Å². The summed E-state index contributed by atoms with van der Waals surface area (Å²) in [5.41, 5.74) is 1.23. The van der Waals surface area contributed by atoms with Crippen LogP contribution in [-0.4, -0.2) is 16.7 Å². The van der Waals surface area contributed by atoms with E-state index in [1.165, 1.54) is 41.1 Å². The first-order valence-electron chi connectivity index (χ1n) is 8.20. The number of hydrogen-bond acceptors (Lipinski definition) is 4. The highest BCUT2D eigenvalue weighted by Crippen LogP contribution is 2.36. The van der Waals surface area contributed by atoms with Crippen LogP contribution >= 0.6 is 11.3 Å². The normalized spacial score (nSPS) is 17.0. The number of aliphatic hydroxyl groups excluding tert-OH is 1. The van der Waals surface area contributed by atoms with Crippen molar-refractivity contribution in [2.24, 2.45) is 0 Å². The maximum Gasteiger partial charge on any atom is 0.0959 e. The van der Waals surface area contributed by atoms with Crippen LogP contribution in [0.1, 0.15) is 59.5 Å². The van der Waals surface area contributed by atoms with Gasteiger partial charge in [-0.15, -0.1) is 11.3 Å². The number of aliphatic hydroxyl groups is 1. The summed E-state index contributed by atoms with van der Waals surface area (Å²) in [6, 6.07) is 10.5. The van der Waals surface area contributed by atoms with E-state index in [1.807, 2.05) is 35.7 Å². The minimum atomic E-state index is 0.197. The zero-order valence-electron chi connectivity index (χ0n) is 12.9. The number of aromatic nitrogens is 1. The third kappa shape index (κ3) is 3.94. The van der Waals surface area contributed by atoms with Crippen molar-refractivity contribution in [3.8, 4) is 0 Å². The van der Waals surface area contributed by atoms with E-state index in [0.29, 0.717) is 5.92 Å². The van der Waals surface area contributed by atoms with Gasteiger partial charge in [0.1, 0.15) is 0 Å². The summed E-state index contributed by atoms with van der Waals surface area (Å²) in [6.07, 6.45) is 8.06. The van der Waals surface area contributed by atoms with Crippen molar-refractivity contribution in [3.05, 3.63) is 52.0 Å². The first-order valence-corrected chi connectivity index (χ1v) is 9.02. The lowest BCUT2D eigenvalue weighted by atomic mass is 10.0. The molecule has 1 aliphatic carbocycles. The molecule has 2 aromatic rings. The van der Waals surface area contributed by atoms with Crippen molar-refractivity contribution in [1.29, 1.82) is 0 Å². The van der Waals surface area contributed by atoms with Crippen molar-refractivity contribution in [2.75, 3.05) is 6.61 Å². The highest BCUT2D eigenvalue weighted by Gasteiger charge is 2.20. The molecule has 0 amide bonds. The van der Waals surface area contributed by atoms with E-state index in [2.05, 4.69) is 22.4 Å². The van der Waals surface area contributed by atoms with E-state index in [0.717, 1.165) is 13.0 Å². The predicted molar refractivity (Wildman–Crippen MR) is 91.0 cm³/mol. The molecule has 3 rings (SSSR count). The van der Waals surface area contributed by atoms with Gasteiger partial charge >= 0.3 is 0 Å². The fourth-order valence-corrected chi connectivity index (χ4v) is 4.23. The van der Waals surface area contributed by atoms with Gasteiger partial charge in [0, 0.05) is 36.2 Å². The molecular formula is C18H24N2OS. The molecule has 1 atom stereocenters. The Morgan fingerprint density at radius 2 is 2.00 bits per heavy atom. The van der Waals surface area contributed by atoms with Crippen LogP contribution in [-0.2, 0) is 6.54 Å². The number of rotatable bonds is 7. The Labute approximate surface area is 136 Å². The Morgan fingerprint density at radius 3 is 2.73 bits per heavy atom. The van der Waals surface area contributed by atoms with Crippen molar-refractivity contribution in [2.45, 2.75) is 50.6 Å². The smallest absolute Gasteiger partial charge is 0.0959 e. The molecule has 4 heteroatoms. The molecule has 0 bridgehead atoms. The fourth-order valence-electron chi connectivity index (χ4n) is 3.19. The first-order chi connectivity index (χ1) is 10.9. The molecule has 1 aromatic carbocycles. The molecule has 22 heavy (non-hydrogen) atoms. The topological polar surface area (TPSA) is 45.1 Å². The summed E-state index contributed by atoms with van der Waals surface area (Å²) >= 11 is 1.85. The maximum absolute atomic E-state index is 9.29. The quantitative estimate of drug-likeness (QED) is 0.811. The summed E-state index contributed by atoms with van der Waals surface area (Å²) in [6.45, 7) is 1.02. The average Bonchev–Trinajstić information content (AvgIpc) is 3.23. The monoisotopic (exact) mass is 316 g/mol. The highest BCUT2D eigenvalue weighted by atomic mass is 32.1. The Morgan fingerprint density at radius 1 is 1.23 bits per heavy atom. The van der Waals surface area contributed by atoms with Crippen LogP contribution in [0.25, 0.3) is 0 Å². The number of nitrogens with one attached hydrogen (secondary N) is 1. The molecule has 1 aliphatic rings. The molecule has 1 heterocycles. The van der Waals surface area contributed by atoms with Crippen LogP contribution in [0.4, 0.5) is 0 Å². The molecule has 1 saturated carbocycles. The summed E-state index contributed by atoms with van der Waals surface area (Å²) in [7, 11) is 0. The van der Waals surface area contributed by atoms with E-state index in [4.69, 9.17) is 0 Å². The van der Waals surface area contributed by atoms with Crippen molar-refractivity contribution < 1.29 is 5.11 Å².